The lowest BCUT2D eigenvalue weighted by Crippen LogP contribution is -2.47. The number of fused-ring (bicyclic) bond motifs is 2. The molecule has 1 amide bonds. The SMILES string of the molecule is CC(C)(C)OC(=O)N1CCC2(CC1)OC(=O)c1cc(Br)ccc12. The monoisotopic (exact) mass is 381 g/mol. The summed E-state index contributed by atoms with van der Waals surface area (Å²) in [6, 6.07) is 5.66. The van der Waals surface area contributed by atoms with E-state index in [9.17, 15) is 9.59 Å². The summed E-state index contributed by atoms with van der Waals surface area (Å²) in [6.45, 7) is 6.57. The summed E-state index contributed by atoms with van der Waals surface area (Å²) in [5.41, 5.74) is 0.427. The predicted octanol–water partition coefficient (Wildman–Crippen LogP) is 3.85. The van der Waals surface area contributed by atoms with Gasteiger partial charge in [0.15, 0.2) is 0 Å². The minimum absolute atomic E-state index is 0.285. The van der Waals surface area contributed by atoms with Crippen LogP contribution in [0.4, 0.5) is 4.79 Å². The molecule has 6 heteroatoms. The quantitative estimate of drug-likeness (QED) is 0.640. The molecule has 1 fully saturated rings. The number of hydrogen-bond donors (Lipinski definition) is 0. The first-order valence-corrected chi connectivity index (χ1v) is 8.51. The first-order chi connectivity index (χ1) is 10.7. The van der Waals surface area contributed by atoms with Gasteiger partial charge in [-0.15, -0.1) is 0 Å². The van der Waals surface area contributed by atoms with Gasteiger partial charge in [-0.2, -0.15) is 0 Å². The van der Waals surface area contributed by atoms with Gasteiger partial charge in [-0.05, 0) is 32.9 Å². The van der Waals surface area contributed by atoms with Crippen LogP contribution in [-0.4, -0.2) is 35.7 Å². The molecule has 2 heterocycles. The fraction of sp³-hybridized carbons (Fsp3) is 0.529. The predicted molar refractivity (Wildman–Crippen MR) is 88.3 cm³/mol. The molecule has 5 nitrogen and oxygen atoms in total. The molecular formula is C17H20BrNO4. The van der Waals surface area contributed by atoms with Crippen molar-refractivity contribution in [3.8, 4) is 0 Å². The van der Waals surface area contributed by atoms with E-state index >= 15 is 0 Å². The molecule has 1 aromatic rings. The van der Waals surface area contributed by atoms with Gasteiger partial charge in [-0.1, -0.05) is 22.0 Å². The maximum Gasteiger partial charge on any atom is 0.410 e. The summed E-state index contributed by atoms with van der Waals surface area (Å²) in [4.78, 5) is 26.0. The van der Waals surface area contributed by atoms with Crippen LogP contribution in [-0.2, 0) is 15.1 Å². The zero-order valence-corrected chi connectivity index (χ0v) is 15.1. The molecule has 1 aromatic carbocycles. The summed E-state index contributed by atoms with van der Waals surface area (Å²) >= 11 is 3.38. The Bertz CT molecular complexity index is 657. The van der Waals surface area contributed by atoms with Crippen LogP contribution >= 0.6 is 15.9 Å². The van der Waals surface area contributed by atoms with Crippen molar-refractivity contribution in [3.63, 3.8) is 0 Å². The first kappa shape index (κ1) is 16.3. The Kier molecular flexibility index (Phi) is 3.91. The highest BCUT2D eigenvalue weighted by molar-refractivity contribution is 9.10. The van der Waals surface area contributed by atoms with Crippen LogP contribution in [0.25, 0.3) is 0 Å². The number of esters is 1. The van der Waals surface area contributed by atoms with Gasteiger partial charge in [0.2, 0.25) is 0 Å². The van der Waals surface area contributed by atoms with E-state index in [0.717, 1.165) is 10.0 Å². The highest BCUT2D eigenvalue weighted by Gasteiger charge is 2.48. The lowest BCUT2D eigenvalue weighted by molar-refractivity contribution is -0.0470. The van der Waals surface area contributed by atoms with Gasteiger partial charge in [0.05, 0.1) is 5.56 Å². The molecule has 3 rings (SSSR count). The molecule has 23 heavy (non-hydrogen) atoms. The Morgan fingerprint density at radius 1 is 1.30 bits per heavy atom. The van der Waals surface area contributed by atoms with Gasteiger partial charge >= 0.3 is 12.1 Å². The standard InChI is InChI=1S/C17H20BrNO4/c1-16(2,3)23-15(21)19-8-6-17(7-9-19)13-5-4-11(18)10-12(13)14(20)22-17/h4-5,10H,6-9H2,1-3H3. The number of halogens is 1. The molecule has 0 N–H and O–H groups in total. The number of rotatable bonds is 0. The maximum absolute atomic E-state index is 12.2. The van der Waals surface area contributed by atoms with E-state index < -0.39 is 11.2 Å². The van der Waals surface area contributed by atoms with E-state index in [0.29, 0.717) is 31.5 Å². The number of nitrogens with zero attached hydrogens (tertiary/aromatic N) is 1. The lowest BCUT2D eigenvalue weighted by Gasteiger charge is -2.38. The third-order valence-corrected chi connectivity index (χ3v) is 4.70. The Hall–Kier alpha value is -1.56. The second-order valence-corrected chi connectivity index (χ2v) is 7.96. The summed E-state index contributed by atoms with van der Waals surface area (Å²) in [5, 5.41) is 0. The fourth-order valence-corrected chi connectivity index (χ4v) is 3.48. The molecule has 0 atom stereocenters. The zero-order chi connectivity index (χ0) is 16.8. The molecule has 1 spiro atoms. The van der Waals surface area contributed by atoms with Crippen LogP contribution in [0.3, 0.4) is 0 Å². The molecule has 0 aliphatic carbocycles. The molecular weight excluding hydrogens is 362 g/mol. The van der Waals surface area contributed by atoms with Crippen molar-refractivity contribution >= 4 is 28.0 Å². The third kappa shape index (κ3) is 3.09. The van der Waals surface area contributed by atoms with Crippen LogP contribution in [0.2, 0.25) is 0 Å². The molecule has 0 saturated carbocycles. The van der Waals surface area contributed by atoms with Crippen molar-refractivity contribution in [2.24, 2.45) is 0 Å². The second kappa shape index (κ2) is 5.51. The van der Waals surface area contributed by atoms with Gasteiger partial charge in [-0.25, -0.2) is 9.59 Å². The number of piperidine rings is 1. The van der Waals surface area contributed by atoms with Crippen molar-refractivity contribution in [2.45, 2.75) is 44.8 Å². The number of benzene rings is 1. The minimum atomic E-state index is -0.606. The van der Waals surface area contributed by atoms with E-state index in [2.05, 4.69) is 15.9 Å². The van der Waals surface area contributed by atoms with Crippen LogP contribution in [0.5, 0.6) is 0 Å². The van der Waals surface area contributed by atoms with E-state index in [-0.39, 0.29) is 12.1 Å². The summed E-state index contributed by atoms with van der Waals surface area (Å²) in [6.07, 6.45) is 0.867. The molecule has 0 radical (unpaired) electrons. The largest absolute Gasteiger partial charge is 0.450 e. The van der Waals surface area contributed by atoms with Crippen molar-refractivity contribution in [3.05, 3.63) is 33.8 Å². The van der Waals surface area contributed by atoms with E-state index in [1.807, 2.05) is 32.9 Å². The number of carbonyl (C=O) groups excluding carboxylic acids is 2. The topological polar surface area (TPSA) is 55.8 Å². The normalized spacial score (nSPS) is 19.5. The van der Waals surface area contributed by atoms with Crippen molar-refractivity contribution in [1.29, 1.82) is 0 Å². The Morgan fingerprint density at radius 2 is 1.96 bits per heavy atom. The molecule has 1 saturated heterocycles. The number of likely N-dealkylation sites (tertiary alicyclic amines) is 1. The average Bonchev–Trinajstić information content (AvgIpc) is 2.70. The van der Waals surface area contributed by atoms with E-state index in [1.54, 1.807) is 11.0 Å². The molecule has 0 bridgehead atoms. The lowest BCUT2D eigenvalue weighted by atomic mass is 9.84. The van der Waals surface area contributed by atoms with Gasteiger partial charge in [0, 0.05) is 36.0 Å². The van der Waals surface area contributed by atoms with Gasteiger partial charge in [0.1, 0.15) is 11.2 Å². The number of carbonyl (C=O) groups is 2. The Morgan fingerprint density at radius 3 is 2.57 bits per heavy atom. The van der Waals surface area contributed by atoms with Crippen molar-refractivity contribution < 1.29 is 19.1 Å². The molecule has 0 unspecified atom stereocenters. The molecule has 2 aliphatic heterocycles. The number of amides is 1. The summed E-state index contributed by atoms with van der Waals surface area (Å²) in [5.74, 6) is -0.285. The maximum atomic E-state index is 12.2. The third-order valence-electron chi connectivity index (χ3n) is 4.20. The van der Waals surface area contributed by atoms with Gasteiger partial charge in [0.25, 0.3) is 0 Å². The van der Waals surface area contributed by atoms with Crippen LogP contribution in [0.15, 0.2) is 22.7 Å². The van der Waals surface area contributed by atoms with Crippen LogP contribution < -0.4 is 0 Å². The van der Waals surface area contributed by atoms with Gasteiger partial charge in [-0.3, -0.25) is 0 Å². The molecule has 2 aliphatic rings. The summed E-state index contributed by atoms with van der Waals surface area (Å²) in [7, 11) is 0. The highest BCUT2D eigenvalue weighted by Crippen LogP contribution is 2.44. The minimum Gasteiger partial charge on any atom is -0.450 e. The molecule has 0 aromatic heterocycles. The van der Waals surface area contributed by atoms with Crippen molar-refractivity contribution in [2.75, 3.05) is 13.1 Å². The number of hydrogen-bond acceptors (Lipinski definition) is 4. The first-order valence-electron chi connectivity index (χ1n) is 7.71. The highest BCUT2D eigenvalue weighted by atomic mass is 79.9. The second-order valence-electron chi connectivity index (χ2n) is 7.04. The van der Waals surface area contributed by atoms with Gasteiger partial charge < -0.3 is 14.4 Å². The van der Waals surface area contributed by atoms with Crippen LogP contribution in [0, 0.1) is 0 Å². The van der Waals surface area contributed by atoms with Crippen molar-refractivity contribution in [1.82, 2.24) is 4.90 Å². The zero-order valence-electron chi connectivity index (χ0n) is 13.5. The Labute approximate surface area is 144 Å². The summed E-state index contributed by atoms with van der Waals surface area (Å²) < 4.78 is 12.0. The Balaban J connectivity index is 1.75. The number of ether oxygens (including phenoxy) is 2. The van der Waals surface area contributed by atoms with E-state index in [1.165, 1.54) is 0 Å². The van der Waals surface area contributed by atoms with E-state index in [4.69, 9.17) is 9.47 Å². The molecule has 124 valence electrons. The fourth-order valence-electron chi connectivity index (χ4n) is 3.12. The average molecular weight is 382 g/mol. The van der Waals surface area contributed by atoms with Crippen LogP contribution in [0.1, 0.15) is 49.5 Å². The smallest absolute Gasteiger partial charge is 0.410 e.